The molecule has 0 fully saturated rings. The van der Waals surface area contributed by atoms with Gasteiger partial charge in [-0.05, 0) is 38.2 Å². The molecule has 1 N–H and O–H groups in total. The van der Waals surface area contributed by atoms with Crippen LogP contribution in [-0.2, 0) is 6.42 Å². The Bertz CT molecular complexity index is 560. The van der Waals surface area contributed by atoms with Crippen molar-refractivity contribution in [3.63, 3.8) is 0 Å². The number of rotatable bonds is 7. The van der Waals surface area contributed by atoms with E-state index in [1.807, 2.05) is 6.08 Å². The van der Waals surface area contributed by atoms with Crippen molar-refractivity contribution in [3.8, 4) is 6.01 Å². The second-order valence-corrected chi connectivity index (χ2v) is 5.50. The van der Waals surface area contributed by atoms with E-state index in [2.05, 4.69) is 34.9 Å². The molecule has 1 aromatic heterocycles. The lowest BCUT2D eigenvalue weighted by Crippen LogP contribution is -2.21. The summed E-state index contributed by atoms with van der Waals surface area (Å²) in [6, 6.07) is 0.384. The highest BCUT2D eigenvalue weighted by Gasteiger charge is 2.14. The lowest BCUT2D eigenvalue weighted by Gasteiger charge is -2.18. The summed E-state index contributed by atoms with van der Waals surface area (Å²) in [6.07, 6.45) is 6.92. The average Bonchev–Trinajstić information content (AvgIpc) is 2.51. The Morgan fingerprint density at radius 1 is 1.32 bits per heavy atom. The zero-order valence-electron chi connectivity index (χ0n) is 13.0. The normalized spacial score (nSPS) is 20.8. The van der Waals surface area contributed by atoms with E-state index in [1.165, 1.54) is 0 Å². The van der Waals surface area contributed by atoms with Crippen LogP contribution in [0.2, 0.25) is 0 Å². The molecular weight excluding hydrogens is 285 g/mol. The lowest BCUT2D eigenvalue weighted by molar-refractivity contribution is 0.284. The summed E-state index contributed by atoms with van der Waals surface area (Å²) in [7, 11) is 0. The highest BCUT2D eigenvalue weighted by Crippen LogP contribution is 2.15. The van der Waals surface area contributed by atoms with E-state index in [0.29, 0.717) is 30.9 Å². The molecule has 1 aliphatic heterocycles. The Hall–Kier alpha value is -1.82. The average molecular weight is 307 g/mol. The van der Waals surface area contributed by atoms with E-state index < -0.39 is 5.82 Å². The number of hydrogen-bond acceptors (Lipinski definition) is 5. The van der Waals surface area contributed by atoms with Crippen LogP contribution in [0.25, 0.3) is 0 Å². The minimum absolute atomic E-state index is 0.0961. The first-order chi connectivity index (χ1) is 10.6. The van der Waals surface area contributed by atoms with E-state index >= 15 is 0 Å². The summed E-state index contributed by atoms with van der Waals surface area (Å²) >= 11 is 0. The fourth-order valence-corrected chi connectivity index (χ4v) is 2.10. The molecule has 0 amide bonds. The van der Waals surface area contributed by atoms with Crippen LogP contribution < -0.4 is 4.74 Å². The molecule has 0 bridgehead atoms. The molecule has 0 spiro atoms. The molecule has 22 heavy (non-hydrogen) atoms. The fourth-order valence-electron chi connectivity index (χ4n) is 2.10. The largest absolute Gasteiger partial charge is 0.457 e. The van der Waals surface area contributed by atoms with Crippen LogP contribution in [0.4, 0.5) is 4.39 Å². The van der Waals surface area contributed by atoms with Gasteiger partial charge in [0.25, 0.3) is 0 Å². The number of aryl methyl sites for hydroxylation is 1. The third-order valence-corrected chi connectivity index (χ3v) is 3.69. The number of aromatic nitrogens is 2. The van der Waals surface area contributed by atoms with Crippen LogP contribution in [0, 0.1) is 11.7 Å². The highest BCUT2D eigenvalue weighted by molar-refractivity contribution is 5.96. The van der Waals surface area contributed by atoms with Gasteiger partial charge in [-0.15, -0.1) is 0 Å². The van der Waals surface area contributed by atoms with Gasteiger partial charge >= 0.3 is 6.01 Å². The van der Waals surface area contributed by atoms with Crippen molar-refractivity contribution in [1.29, 1.82) is 0 Å². The van der Waals surface area contributed by atoms with Crippen molar-refractivity contribution in [2.24, 2.45) is 10.9 Å². The van der Waals surface area contributed by atoms with Gasteiger partial charge in [0, 0.05) is 6.61 Å². The zero-order chi connectivity index (χ0) is 15.9. The van der Waals surface area contributed by atoms with Crippen LogP contribution in [-0.4, -0.2) is 40.0 Å². The zero-order valence-corrected chi connectivity index (χ0v) is 13.0. The van der Waals surface area contributed by atoms with Crippen LogP contribution in [0.1, 0.15) is 32.4 Å². The molecule has 120 valence electrons. The Morgan fingerprint density at radius 3 is 2.86 bits per heavy atom. The van der Waals surface area contributed by atoms with Gasteiger partial charge in [-0.1, -0.05) is 13.0 Å². The summed E-state index contributed by atoms with van der Waals surface area (Å²) < 4.78 is 19.1. The van der Waals surface area contributed by atoms with Crippen LogP contribution in [0.15, 0.2) is 23.3 Å². The summed E-state index contributed by atoms with van der Waals surface area (Å²) in [4.78, 5) is 12.5. The predicted octanol–water partition coefficient (Wildman–Crippen LogP) is 2.34. The first kappa shape index (κ1) is 16.5. The number of dihydropyridines is 1. The van der Waals surface area contributed by atoms with Crippen molar-refractivity contribution in [2.75, 3.05) is 13.2 Å². The molecule has 1 aliphatic rings. The summed E-state index contributed by atoms with van der Waals surface area (Å²) in [6.45, 7) is 4.54. The Morgan fingerprint density at radius 2 is 2.14 bits per heavy atom. The molecule has 6 heteroatoms. The van der Waals surface area contributed by atoms with Crippen molar-refractivity contribution in [2.45, 2.75) is 39.2 Å². The van der Waals surface area contributed by atoms with Gasteiger partial charge in [0.1, 0.15) is 6.61 Å². The quantitative estimate of drug-likeness (QED) is 0.785. The first-order valence-corrected chi connectivity index (χ1v) is 7.60. The van der Waals surface area contributed by atoms with Crippen LogP contribution in [0.3, 0.4) is 0 Å². The molecule has 1 aromatic rings. The number of unbranched alkanes of at least 4 members (excludes halogenated alkanes) is 1. The van der Waals surface area contributed by atoms with E-state index in [9.17, 15) is 4.39 Å². The standard InChI is InChI=1S/C16H22FN3O2/c1-11-6-7-13(19-12(11)2)10-22-16-18-9-14(17)15(20-16)5-3-4-8-21/h6-7,9,11-12,21H,3-5,8,10H2,1-2H3. The summed E-state index contributed by atoms with van der Waals surface area (Å²) in [5.41, 5.74) is 1.15. The third-order valence-electron chi connectivity index (χ3n) is 3.69. The smallest absolute Gasteiger partial charge is 0.317 e. The van der Waals surface area contributed by atoms with Gasteiger partial charge in [-0.3, -0.25) is 4.99 Å². The topological polar surface area (TPSA) is 67.6 Å². The van der Waals surface area contributed by atoms with E-state index in [1.54, 1.807) is 0 Å². The van der Waals surface area contributed by atoms with E-state index in [4.69, 9.17) is 9.84 Å². The van der Waals surface area contributed by atoms with Gasteiger partial charge in [0.05, 0.1) is 23.6 Å². The summed E-state index contributed by atoms with van der Waals surface area (Å²) in [5, 5.41) is 8.77. The summed E-state index contributed by atoms with van der Waals surface area (Å²) in [5.74, 6) is -0.0217. The predicted molar refractivity (Wildman–Crippen MR) is 82.7 cm³/mol. The van der Waals surface area contributed by atoms with Crippen molar-refractivity contribution >= 4 is 5.71 Å². The minimum atomic E-state index is -0.442. The number of halogens is 1. The maximum Gasteiger partial charge on any atom is 0.317 e. The Kier molecular flexibility index (Phi) is 6.00. The second-order valence-electron chi connectivity index (χ2n) is 5.50. The Labute approximate surface area is 130 Å². The Balaban J connectivity index is 1.94. The number of hydrogen-bond donors (Lipinski definition) is 1. The molecule has 2 atom stereocenters. The molecule has 2 unspecified atom stereocenters. The van der Waals surface area contributed by atoms with Crippen molar-refractivity contribution in [1.82, 2.24) is 9.97 Å². The molecule has 0 saturated carbocycles. The van der Waals surface area contributed by atoms with Gasteiger partial charge in [0.2, 0.25) is 0 Å². The fraction of sp³-hybridized carbons (Fsp3) is 0.562. The third kappa shape index (κ3) is 4.59. The van der Waals surface area contributed by atoms with Gasteiger partial charge in [-0.2, -0.15) is 4.98 Å². The molecule has 5 nitrogen and oxygen atoms in total. The molecule has 0 aliphatic carbocycles. The molecular formula is C16H22FN3O2. The molecule has 0 saturated heterocycles. The van der Waals surface area contributed by atoms with E-state index in [-0.39, 0.29) is 25.3 Å². The number of nitrogens with zero attached hydrogens (tertiary/aromatic N) is 3. The SMILES string of the molecule is CC1C=CC(COc2ncc(F)c(CCCCO)n2)=NC1C. The van der Waals surface area contributed by atoms with Crippen LogP contribution >= 0.6 is 0 Å². The van der Waals surface area contributed by atoms with Crippen LogP contribution in [0.5, 0.6) is 6.01 Å². The number of ether oxygens (including phenoxy) is 1. The molecule has 0 radical (unpaired) electrons. The number of aliphatic hydroxyl groups is 1. The minimum Gasteiger partial charge on any atom is -0.457 e. The van der Waals surface area contributed by atoms with Crippen molar-refractivity contribution < 1.29 is 14.2 Å². The molecule has 0 aromatic carbocycles. The highest BCUT2D eigenvalue weighted by atomic mass is 19.1. The maximum absolute atomic E-state index is 13.6. The van der Waals surface area contributed by atoms with E-state index in [0.717, 1.165) is 11.9 Å². The second kappa shape index (κ2) is 7.98. The number of aliphatic hydroxyl groups excluding tert-OH is 1. The number of aliphatic imine (C=N–C) groups is 1. The lowest BCUT2D eigenvalue weighted by atomic mass is 10.0. The maximum atomic E-state index is 13.6. The van der Waals surface area contributed by atoms with Gasteiger partial charge in [0.15, 0.2) is 5.82 Å². The van der Waals surface area contributed by atoms with Gasteiger partial charge in [-0.25, -0.2) is 9.37 Å². The monoisotopic (exact) mass is 307 g/mol. The van der Waals surface area contributed by atoms with Crippen molar-refractivity contribution in [3.05, 3.63) is 29.9 Å². The first-order valence-electron chi connectivity index (χ1n) is 7.60. The molecule has 2 heterocycles. The molecule has 2 rings (SSSR count). The van der Waals surface area contributed by atoms with Gasteiger partial charge < -0.3 is 9.84 Å².